The van der Waals surface area contributed by atoms with E-state index in [0.717, 1.165) is 28.1 Å². The van der Waals surface area contributed by atoms with Crippen LogP contribution in [0.2, 0.25) is 0 Å². The Morgan fingerprint density at radius 3 is 2.55 bits per heavy atom. The average molecular weight is 310 g/mol. The summed E-state index contributed by atoms with van der Waals surface area (Å²) >= 11 is 0. The summed E-state index contributed by atoms with van der Waals surface area (Å²) in [5.41, 5.74) is 3.04. The second-order valence-electron chi connectivity index (χ2n) is 5.16. The molecule has 0 saturated heterocycles. The monoisotopic (exact) mass is 310 g/mol. The summed E-state index contributed by atoms with van der Waals surface area (Å²) in [4.78, 5) is 12.2. The molecule has 5 nitrogen and oxygen atoms in total. The lowest BCUT2D eigenvalue weighted by Gasteiger charge is -2.11. The van der Waals surface area contributed by atoms with Crippen LogP contribution in [0.3, 0.4) is 0 Å². The van der Waals surface area contributed by atoms with E-state index in [1.807, 2.05) is 25.5 Å². The number of hydrogen-bond donors (Lipinski definition) is 1. The molecule has 0 aliphatic rings. The van der Waals surface area contributed by atoms with Crippen molar-refractivity contribution in [2.24, 2.45) is 0 Å². The highest BCUT2D eigenvalue weighted by molar-refractivity contribution is 5.92. The van der Waals surface area contributed by atoms with Gasteiger partial charge in [-0.25, -0.2) is 0 Å². The minimum absolute atomic E-state index is 0.0364. The molecule has 2 aromatic heterocycles. The number of nitrogens with zero attached hydrogens (tertiary/aromatic N) is 3. The smallest absolute Gasteiger partial charge is 0.319 e. The first-order valence-corrected chi connectivity index (χ1v) is 7.13. The molecule has 22 heavy (non-hydrogen) atoms. The van der Waals surface area contributed by atoms with Gasteiger partial charge in [0.2, 0.25) is 0 Å². The molecule has 0 saturated carbocycles. The van der Waals surface area contributed by atoms with Crippen molar-refractivity contribution in [1.82, 2.24) is 19.7 Å². The fraction of sp³-hybridized carbons (Fsp3) is 0.467. The van der Waals surface area contributed by atoms with Crippen molar-refractivity contribution < 1.29 is 13.6 Å². The molecule has 0 aliphatic heterocycles. The predicted molar refractivity (Wildman–Crippen MR) is 79.0 cm³/mol. The molecule has 7 heteroatoms. The summed E-state index contributed by atoms with van der Waals surface area (Å²) in [6, 6.07) is 2.92. The Hall–Kier alpha value is -2.18. The van der Waals surface area contributed by atoms with Crippen molar-refractivity contribution in [2.75, 3.05) is 0 Å². The van der Waals surface area contributed by atoms with E-state index in [4.69, 9.17) is 0 Å². The molecule has 0 atom stereocenters. The van der Waals surface area contributed by atoms with Crippen molar-refractivity contribution in [3.05, 3.63) is 40.5 Å². The van der Waals surface area contributed by atoms with Gasteiger partial charge in [0.1, 0.15) is 5.69 Å². The quantitative estimate of drug-likeness (QED) is 0.923. The number of rotatable bonds is 5. The third kappa shape index (κ3) is 2.88. The van der Waals surface area contributed by atoms with Gasteiger partial charge in [-0.05, 0) is 39.8 Å². The van der Waals surface area contributed by atoms with Gasteiger partial charge in [0, 0.05) is 30.0 Å². The number of amides is 1. The first kappa shape index (κ1) is 16.2. The van der Waals surface area contributed by atoms with Crippen molar-refractivity contribution in [3.8, 4) is 0 Å². The van der Waals surface area contributed by atoms with Crippen molar-refractivity contribution in [1.29, 1.82) is 0 Å². The standard InChI is InChI=1S/C15H20F2N4O/c1-5-20-11(4)12(10(3)19-20)8-18-14(22)13-7-6-9(2)21(13)15(16)17/h6-7,15H,5,8H2,1-4H3,(H,18,22). The minimum Gasteiger partial charge on any atom is -0.347 e. The van der Waals surface area contributed by atoms with Crippen molar-refractivity contribution in [2.45, 2.75) is 47.3 Å². The molecule has 0 radical (unpaired) electrons. The highest BCUT2D eigenvalue weighted by Crippen LogP contribution is 2.19. The van der Waals surface area contributed by atoms with E-state index in [9.17, 15) is 13.6 Å². The number of aromatic nitrogens is 3. The Morgan fingerprint density at radius 2 is 2.00 bits per heavy atom. The third-order valence-electron chi connectivity index (χ3n) is 3.81. The van der Waals surface area contributed by atoms with Crippen LogP contribution >= 0.6 is 0 Å². The molecule has 0 unspecified atom stereocenters. The summed E-state index contributed by atoms with van der Waals surface area (Å²) in [5, 5.41) is 7.07. The summed E-state index contributed by atoms with van der Waals surface area (Å²) in [6.45, 7) is 5.60. The first-order chi connectivity index (χ1) is 10.4. The molecule has 0 spiro atoms. The number of aryl methyl sites for hydroxylation is 3. The Bertz CT molecular complexity index is 688. The summed E-state index contributed by atoms with van der Waals surface area (Å²) in [5.74, 6) is -0.517. The maximum Gasteiger partial charge on any atom is 0.319 e. The topological polar surface area (TPSA) is 51.9 Å². The fourth-order valence-corrected chi connectivity index (χ4v) is 2.55. The molecule has 1 amide bonds. The second kappa shape index (κ2) is 6.29. The number of carbonyl (C=O) groups is 1. The van der Waals surface area contributed by atoms with E-state index in [2.05, 4.69) is 10.4 Å². The molecular weight excluding hydrogens is 290 g/mol. The summed E-state index contributed by atoms with van der Waals surface area (Å²) < 4.78 is 28.6. The number of hydrogen-bond acceptors (Lipinski definition) is 2. The van der Waals surface area contributed by atoms with Crippen molar-refractivity contribution >= 4 is 5.91 Å². The Morgan fingerprint density at radius 1 is 1.32 bits per heavy atom. The van der Waals surface area contributed by atoms with Crippen LogP contribution in [-0.4, -0.2) is 20.3 Å². The van der Waals surface area contributed by atoms with Gasteiger partial charge in [0.15, 0.2) is 0 Å². The number of carbonyl (C=O) groups excluding carboxylic acids is 1. The van der Waals surface area contributed by atoms with Gasteiger partial charge >= 0.3 is 6.55 Å². The molecule has 0 aromatic carbocycles. The lowest BCUT2D eigenvalue weighted by molar-refractivity contribution is 0.0617. The minimum atomic E-state index is -2.73. The molecule has 0 aliphatic carbocycles. The van der Waals surface area contributed by atoms with Gasteiger partial charge in [0.05, 0.1) is 5.69 Å². The SMILES string of the molecule is CCn1nc(C)c(CNC(=O)c2ccc(C)n2C(F)F)c1C. The van der Waals surface area contributed by atoms with Gasteiger partial charge in [0.25, 0.3) is 5.91 Å². The van der Waals surface area contributed by atoms with E-state index in [0.29, 0.717) is 5.69 Å². The van der Waals surface area contributed by atoms with Gasteiger partial charge in [-0.15, -0.1) is 0 Å². The van der Waals surface area contributed by atoms with Crippen LogP contribution in [0.25, 0.3) is 0 Å². The lowest BCUT2D eigenvalue weighted by atomic mass is 10.2. The lowest BCUT2D eigenvalue weighted by Crippen LogP contribution is -2.26. The summed E-state index contributed by atoms with van der Waals surface area (Å²) in [6.07, 6.45) is 0. The van der Waals surface area contributed by atoms with E-state index in [1.54, 1.807) is 6.92 Å². The molecule has 2 heterocycles. The van der Waals surface area contributed by atoms with E-state index in [1.165, 1.54) is 12.1 Å². The van der Waals surface area contributed by atoms with E-state index in [-0.39, 0.29) is 12.2 Å². The Kier molecular flexibility index (Phi) is 4.63. The van der Waals surface area contributed by atoms with Crippen LogP contribution in [0.4, 0.5) is 8.78 Å². The molecule has 1 N–H and O–H groups in total. The third-order valence-corrected chi connectivity index (χ3v) is 3.81. The van der Waals surface area contributed by atoms with Crippen LogP contribution in [0, 0.1) is 20.8 Å². The number of nitrogens with one attached hydrogen (secondary N) is 1. The molecule has 2 rings (SSSR count). The fourth-order valence-electron chi connectivity index (χ4n) is 2.55. The molecule has 120 valence electrons. The highest BCUT2D eigenvalue weighted by Gasteiger charge is 2.19. The predicted octanol–water partition coefficient (Wildman–Crippen LogP) is 2.95. The molecule has 0 bridgehead atoms. The second-order valence-corrected chi connectivity index (χ2v) is 5.16. The largest absolute Gasteiger partial charge is 0.347 e. The van der Waals surface area contributed by atoms with Crippen LogP contribution < -0.4 is 5.32 Å². The maximum absolute atomic E-state index is 13.0. The zero-order valence-corrected chi connectivity index (χ0v) is 13.2. The van der Waals surface area contributed by atoms with Crippen LogP contribution in [-0.2, 0) is 13.1 Å². The zero-order valence-electron chi connectivity index (χ0n) is 13.2. The molecule has 0 fully saturated rings. The normalized spacial score (nSPS) is 11.2. The van der Waals surface area contributed by atoms with Crippen LogP contribution in [0.1, 0.15) is 46.6 Å². The first-order valence-electron chi connectivity index (χ1n) is 7.13. The Labute approximate surface area is 127 Å². The highest BCUT2D eigenvalue weighted by atomic mass is 19.3. The van der Waals surface area contributed by atoms with E-state index < -0.39 is 12.5 Å². The molecule has 2 aromatic rings. The van der Waals surface area contributed by atoms with E-state index >= 15 is 0 Å². The Balaban J connectivity index is 2.16. The number of halogens is 2. The maximum atomic E-state index is 13.0. The molecular formula is C15H20F2N4O. The zero-order chi connectivity index (χ0) is 16.4. The number of alkyl halides is 2. The van der Waals surface area contributed by atoms with Crippen LogP contribution in [0.15, 0.2) is 12.1 Å². The van der Waals surface area contributed by atoms with Gasteiger partial charge in [-0.2, -0.15) is 13.9 Å². The summed E-state index contributed by atoms with van der Waals surface area (Å²) in [7, 11) is 0. The average Bonchev–Trinajstić information content (AvgIpc) is 2.97. The van der Waals surface area contributed by atoms with Gasteiger partial charge in [-0.3, -0.25) is 14.0 Å². The van der Waals surface area contributed by atoms with Crippen LogP contribution in [0.5, 0.6) is 0 Å². The van der Waals surface area contributed by atoms with Gasteiger partial charge < -0.3 is 5.32 Å². The van der Waals surface area contributed by atoms with Crippen molar-refractivity contribution in [3.63, 3.8) is 0 Å². The van der Waals surface area contributed by atoms with Gasteiger partial charge in [-0.1, -0.05) is 0 Å².